The van der Waals surface area contributed by atoms with Crippen molar-refractivity contribution in [2.45, 2.75) is 33.4 Å². The summed E-state index contributed by atoms with van der Waals surface area (Å²) >= 11 is 0. The number of methoxy groups -OCH3 is 1. The summed E-state index contributed by atoms with van der Waals surface area (Å²) in [4.78, 5) is 23.2. The van der Waals surface area contributed by atoms with Crippen molar-refractivity contribution in [2.75, 3.05) is 7.11 Å². The Morgan fingerprint density at radius 2 is 2.00 bits per heavy atom. The van der Waals surface area contributed by atoms with Crippen LogP contribution in [0.25, 0.3) is 0 Å². The number of hydrogen-bond donors (Lipinski definition) is 2. The monoisotopic (exact) mass is 278 g/mol. The minimum Gasteiger partial charge on any atom is -0.497 e. The average Bonchev–Trinajstić information content (AvgIpc) is 2.42. The molecule has 0 aliphatic heterocycles. The van der Waals surface area contributed by atoms with Crippen molar-refractivity contribution >= 4 is 11.8 Å². The van der Waals surface area contributed by atoms with Crippen LogP contribution in [0.1, 0.15) is 26.3 Å². The fraction of sp³-hybridized carbons (Fsp3) is 0.467. The highest BCUT2D eigenvalue weighted by atomic mass is 16.5. The van der Waals surface area contributed by atoms with E-state index in [9.17, 15) is 9.59 Å². The molecule has 1 aromatic rings. The first kappa shape index (κ1) is 16.0. The van der Waals surface area contributed by atoms with Gasteiger partial charge in [-0.3, -0.25) is 9.59 Å². The molecule has 0 aliphatic rings. The molecule has 110 valence electrons. The van der Waals surface area contributed by atoms with E-state index < -0.39 is 6.04 Å². The standard InChI is InChI=1S/C15H22N2O3/c1-10(2)14(17-11(3)18)15(19)16-9-12-6-5-7-13(8-12)20-4/h5-8,10,14H,9H2,1-4H3,(H,16,19)(H,17,18). The maximum Gasteiger partial charge on any atom is 0.243 e. The van der Waals surface area contributed by atoms with E-state index in [1.807, 2.05) is 38.1 Å². The molecule has 0 aromatic heterocycles. The normalized spacial score (nSPS) is 11.8. The molecule has 1 rings (SSSR count). The molecule has 5 nitrogen and oxygen atoms in total. The van der Waals surface area contributed by atoms with Crippen molar-refractivity contribution in [1.82, 2.24) is 10.6 Å². The van der Waals surface area contributed by atoms with Gasteiger partial charge in [-0.1, -0.05) is 26.0 Å². The molecule has 2 N–H and O–H groups in total. The zero-order chi connectivity index (χ0) is 15.1. The summed E-state index contributed by atoms with van der Waals surface area (Å²) in [5.41, 5.74) is 0.947. The van der Waals surface area contributed by atoms with Crippen molar-refractivity contribution in [3.05, 3.63) is 29.8 Å². The Bertz CT molecular complexity index is 472. The van der Waals surface area contributed by atoms with E-state index in [4.69, 9.17) is 4.74 Å². The summed E-state index contributed by atoms with van der Waals surface area (Å²) in [5.74, 6) is 0.390. The van der Waals surface area contributed by atoms with Crippen LogP contribution in [-0.2, 0) is 16.1 Å². The Balaban J connectivity index is 2.62. The number of hydrogen-bond acceptors (Lipinski definition) is 3. The molecule has 1 atom stereocenters. The fourth-order valence-electron chi connectivity index (χ4n) is 1.84. The molecule has 0 saturated carbocycles. The molecule has 1 aromatic carbocycles. The van der Waals surface area contributed by atoms with Crippen LogP contribution in [0, 0.1) is 5.92 Å². The zero-order valence-electron chi connectivity index (χ0n) is 12.4. The van der Waals surface area contributed by atoms with Gasteiger partial charge >= 0.3 is 0 Å². The summed E-state index contributed by atoms with van der Waals surface area (Å²) in [6.07, 6.45) is 0. The van der Waals surface area contributed by atoms with Gasteiger partial charge in [0.1, 0.15) is 11.8 Å². The summed E-state index contributed by atoms with van der Waals surface area (Å²) in [5, 5.41) is 5.49. The molecule has 20 heavy (non-hydrogen) atoms. The predicted molar refractivity (Wildman–Crippen MR) is 77.3 cm³/mol. The van der Waals surface area contributed by atoms with Gasteiger partial charge in [-0.25, -0.2) is 0 Å². The van der Waals surface area contributed by atoms with Crippen molar-refractivity contribution in [1.29, 1.82) is 0 Å². The van der Waals surface area contributed by atoms with Crippen molar-refractivity contribution in [2.24, 2.45) is 5.92 Å². The van der Waals surface area contributed by atoms with Crippen molar-refractivity contribution in [3.8, 4) is 5.75 Å². The third-order valence-corrected chi connectivity index (χ3v) is 2.91. The van der Waals surface area contributed by atoms with E-state index in [0.29, 0.717) is 6.54 Å². The fourth-order valence-corrected chi connectivity index (χ4v) is 1.84. The number of benzene rings is 1. The molecular weight excluding hydrogens is 256 g/mol. The molecule has 0 aliphatic carbocycles. The van der Waals surface area contributed by atoms with Crippen LogP contribution in [0.15, 0.2) is 24.3 Å². The number of ether oxygens (including phenoxy) is 1. The quantitative estimate of drug-likeness (QED) is 0.828. The molecule has 1 unspecified atom stereocenters. The molecule has 0 saturated heterocycles. The number of carbonyl (C=O) groups is 2. The third-order valence-electron chi connectivity index (χ3n) is 2.91. The second-order valence-electron chi connectivity index (χ2n) is 4.99. The van der Waals surface area contributed by atoms with Crippen molar-refractivity contribution in [3.63, 3.8) is 0 Å². The second kappa shape index (κ2) is 7.53. The Morgan fingerprint density at radius 3 is 2.55 bits per heavy atom. The number of nitrogens with one attached hydrogen (secondary N) is 2. The maximum absolute atomic E-state index is 12.1. The molecule has 0 bridgehead atoms. The molecule has 5 heteroatoms. The highest BCUT2D eigenvalue weighted by Gasteiger charge is 2.22. The van der Waals surface area contributed by atoms with Gasteiger partial charge in [0, 0.05) is 13.5 Å². The second-order valence-corrected chi connectivity index (χ2v) is 4.99. The van der Waals surface area contributed by atoms with E-state index in [0.717, 1.165) is 11.3 Å². The van der Waals surface area contributed by atoms with Crippen molar-refractivity contribution < 1.29 is 14.3 Å². The summed E-state index contributed by atoms with van der Waals surface area (Å²) in [6.45, 7) is 5.60. The van der Waals surface area contributed by atoms with Gasteiger partial charge in [0.25, 0.3) is 0 Å². The van der Waals surface area contributed by atoms with Crippen LogP contribution >= 0.6 is 0 Å². The summed E-state index contributed by atoms with van der Waals surface area (Å²) in [6, 6.07) is 6.97. The Kier molecular flexibility index (Phi) is 6.03. The lowest BCUT2D eigenvalue weighted by Crippen LogP contribution is -2.48. The average molecular weight is 278 g/mol. The minimum absolute atomic E-state index is 0.0317. The number of rotatable bonds is 6. The highest BCUT2D eigenvalue weighted by molar-refractivity contribution is 5.87. The van der Waals surface area contributed by atoms with Crippen LogP contribution in [0.4, 0.5) is 0 Å². The number of carbonyl (C=O) groups excluding carboxylic acids is 2. The Labute approximate surface area is 119 Å². The van der Waals surface area contributed by atoms with Gasteiger partial charge in [-0.15, -0.1) is 0 Å². The van der Waals surface area contributed by atoms with E-state index in [1.165, 1.54) is 6.92 Å². The van der Waals surface area contributed by atoms with Gasteiger partial charge in [0.05, 0.1) is 7.11 Å². The van der Waals surface area contributed by atoms with E-state index in [2.05, 4.69) is 10.6 Å². The predicted octanol–water partition coefficient (Wildman–Crippen LogP) is 1.47. The van der Waals surface area contributed by atoms with Crippen LogP contribution in [0.5, 0.6) is 5.75 Å². The lowest BCUT2D eigenvalue weighted by atomic mass is 10.0. The van der Waals surface area contributed by atoms with Crippen LogP contribution in [0.2, 0.25) is 0 Å². The first-order valence-corrected chi connectivity index (χ1v) is 6.61. The van der Waals surface area contributed by atoms with E-state index in [1.54, 1.807) is 7.11 Å². The maximum atomic E-state index is 12.1. The molecule has 2 amide bonds. The molecule has 0 heterocycles. The van der Waals surface area contributed by atoms with Gasteiger partial charge in [-0.05, 0) is 23.6 Å². The Morgan fingerprint density at radius 1 is 1.30 bits per heavy atom. The first-order chi connectivity index (χ1) is 9.43. The molecule has 0 radical (unpaired) electrons. The third kappa shape index (κ3) is 4.91. The van der Waals surface area contributed by atoms with E-state index in [-0.39, 0.29) is 17.7 Å². The zero-order valence-corrected chi connectivity index (χ0v) is 12.4. The minimum atomic E-state index is -0.516. The van der Waals surface area contributed by atoms with E-state index >= 15 is 0 Å². The molecular formula is C15H22N2O3. The van der Waals surface area contributed by atoms with Crippen LogP contribution in [0.3, 0.4) is 0 Å². The number of amides is 2. The topological polar surface area (TPSA) is 67.4 Å². The lowest BCUT2D eigenvalue weighted by Gasteiger charge is -2.21. The van der Waals surface area contributed by atoms with Gasteiger partial charge in [-0.2, -0.15) is 0 Å². The summed E-state index contributed by atoms with van der Waals surface area (Å²) < 4.78 is 5.13. The SMILES string of the molecule is COc1cccc(CNC(=O)C(NC(C)=O)C(C)C)c1. The van der Waals surface area contributed by atoms with Gasteiger partial charge < -0.3 is 15.4 Å². The summed E-state index contributed by atoms with van der Waals surface area (Å²) in [7, 11) is 1.60. The molecule has 0 fully saturated rings. The molecule has 0 spiro atoms. The highest BCUT2D eigenvalue weighted by Crippen LogP contribution is 2.12. The Hall–Kier alpha value is -2.04. The van der Waals surface area contributed by atoms with Crippen LogP contribution < -0.4 is 15.4 Å². The smallest absolute Gasteiger partial charge is 0.243 e. The van der Waals surface area contributed by atoms with Gasteiger partial charge in [0.2, 0.25) is 11.8 Å². The van der Waals surface area contributed by atoms with Gasteiger partial charge in [0.15, 0.2) is 0 Å². The lowest BCUT2D eigenvalue weighted by molar-refractivity contribution is -0.129. The first-order valence-electron chi connectivity index (χ1n) is 6.61. The van der Waals surface area contributed by atoms with Crippen LogP contribution in [-0.4, -0.2) is 25.0 Å². The largest absolute Gasteiger partial charge is 0.497 e.